The Kier molecular flexibility index (Phi) is 4.93. The molecule has 1 heterocycles. The van der Waals surface area contributed by atoms with E-state index in [9.17, 15) is 9.59 Å². The molecule has 0 aliphatic heterocycles. The second-order valence-corrected chi connectivity index (χ2v) is 5.56. The number of carboxylic acids is 1. The molecule has 0 spiro atoms. The van der Waals surface area contributed by atoms with E-state index in [1.54, 1.807) is 48.5 Å². The van der Waals surface area contributed by atoms with Crippen LogP contribution >= 0.6 is 0 Å². The highest BCUT2D eigenvalue weighted by Crippen LogP contribution is 2.24. The third-order valence-electron chi connectivity index (χ3n) is 3.49. The topological polar surface area (TPSA) is 151 Å². The zero-order chi connectivity index (χ0) is 19.4. The molecule has 6 N–H and O–H groups in total. The van der Waals surface area contributed by atoms with Crippen LogP contribution < -0.4 is 21.1 Å². The first-order chi connectivity index (χ1) is 12.9. The summed E-state index contributed by atoms with van der Waals surface area (Å²) in [6.45, 7) is -0.439. The molecule has 0 saturated carbocycles. The second-order valence-electron chi connectivity index (χ2n) is 5.56. The predicted octanol–water partition coefficient (Wildman–Crippen LogP) is 2.45. The Morgan fingerprint density at radius 2 is 1.78 bits per heavy atom. The lowest BCUT2D eigenvalue weighted by atomic mass is 10.2. The van der Waals surface area contributed by atoms with Crippen LogP contribution in [0.2, 0.25) is 0 Å². The van der Waals surface area contributed by atoms with Gasteiger partial charge in [0.05, 0.1) is 0 Å². The summed E-state index contributed by atoms with van der Waals surface area (Å²) in [5.41, 5.74) is 6.93. The molecule has 0 saturated heterocycles. The lowest BCUT2D eigenvalue weighted by molar-refractivity contribution is -0.139. The summed E-state index contributed by atoms with van der Waals surface area (Å²) in [4.78, 5) is 22.8. The second kappa shape index (κ2) is 7.48. The first-order valence-corrected chi connectivity index (χ1v) is 7.81. The summed E-state index contributed by atoms with van der Waals surface area (Å²) in [7, 11) is 0. The van der Waals surface area contributed by atoms with Gasteiger partial charge in [-0.25, -0.2) is 4.79 Å². The number of hydrogen-bond donors (Lipinski definition) is 5. The molecule has 1 amide bonds. The molecule has 138 valence electrons. The van der Waals surface area contributed by atoms with E-state index in [0.717, 1.165) is 0 Å². The molecule has 3 rings (SSSR count). The molecule has 1 aromatic heterocycles. The van der Waals surface area contributed by atoms with Crippen molar-refractivity contribution < 1.29 is 23.8 Å². The summed E-state index contributed by atoms with van der Waals surface area (Å²) in [6, 6.07) is 12.9. The molecule has 3 aromatic rings. The number of furan rings is 1. The highest BCUT2D eigenvalue weighted by atomic mass is 16.5. The predicted molar refractivity (Wildman–Crippen MR) is 99.3 cm³/mol. The van der Waals surface area contributed by atoms with Crippen molar-refractivity contribution in [1.82, 2.24) is 0 Å². The van der Waals surface area contributed by atoms with Gasteiger partial charge in [0.25, 0.3) is 5.91 Å². The number of carbonyl (C=O) groups excluding carboxylic acids is 1. The standard InChI is InChI=1S/C18H16N4O5/c19-18(20)22-12-3-6-14-10(7-12)8-15(27-14)17(25)21-11-1-4-13(5-2-11)26-9-16(23)24/h1-8H,9H2,(H,21,25)(H,23,24)(H4,19,20,22). The Morgan fingerprint density at radius 3 is 2.44 bits per heavy atom. The monoisotopic (exact) mass is 368 g/mol. The fourth-order valence-corrected chi connectivity index (χ4v) is 2.36. The van der Waals surface area contributed by atoms with Gasteiger partial charge in [-0.3, -0.25) is 10.2 Å². The van der Waals surface area contributed by atoms with E-state index >= 15 is 0 Å². The van der Waals surface area contributed by atoms with Crippen molar-refractivity contribution in [3.8, 4) is 5.75 Å². The number of rotatable bonds is 6. The van der Waals surface area contributed by atoms with Crippen LogP contribution in [-0.2, 0) is 4.79 Å². The van der Waals surface area contributed by atoms with Crippen LogP contribution in [0.15, 0.2) is 52.9 Å². The van der Waals surface area contributed by atoms with Gasteiger partial charge in [-0.1, -0.05) is 0 Å². The maximum absolute atomic E-state index is 12.4. The van der Waals surface area contributed by atoms with Crippen LogP contribution in [0.3, 0.4) is 0 Å². The molecule has 9 nitrogen and oxygen atoms in total. The highest BCUT2D eigenvalue weighted by Gasteiger charge is 2.13. The Labute approximate surface area is 153 Å². The third-order valence-corrected chi connectivity index (χ3v) is 3.49. The maximum Gasteiger partial charge on any atom is 0.341 e. The summed E-state index contributed by atoms with van der Waals surface area (Å²) >= 11 is 0. The van der Waals surface area contributed by atoms with Crippen molar-refractivity contribution in [2.45, 2.75) is 0 Å². The third kappa shape index (κ3) is 4.54. The fraction of sp³-hybridized carbons (Fsp3) is 0.0556. The number of fused-ring (bicyclic) bond motifs is 1. The first-order valence-electron chi connectivity index (χ1n) is 7.81. The zero-order valence-corrected chi connectivity index (χ0v) is 14.0. The van der Waals surface area contributed by atoms with Crippen molar-refractivity contribution >= 4 is 40.2 Å². The molecule has 0 aliphatic carbocycles. The Balaban J connectivity index is 1.70. The van der Waals surface area contributed by atoms with Crippen LogP contribution in [-0.4, -0.2) is 29.5 Å². The minimum Gasteiger partial charge on any atom is -0.482 e. The first kappa shape index (κ1) is 17.8. The smallest absolute Gasteiger partial charge is 0.341 e. The average Bonchev–Trinajstić information content (AvgIpc) is 3.04. The number of nitrogens with one attached hydrogen (secondary N) is 3. The molecule has 9 heteroatoms. The van der Waals surface area contributed by atoms with Crippen LogP contribution in [0.5, 0.6) is 5.75 Å². The van der Waals surface area contributed by atoms with Gasteiger partial charge >= 0.3 is 5.97 Å². The zero-order valence-electron chi connectivity index (χ0n) is 14.0. The molecule has 2 aromatic carbocycles. The fourth-order valence-electron chi connectivity index (χ4n) is 2.36. The van der Waals surface area contributed by atoms with E-state index in [1.807, 2.05) is 0 Å². The van der Waals surface area contributed by atoms with E-state index in [0.29, 0.717) is 28.1 Å². The molecule has 0 bridgehead atoms. The van der Waals surface area contributed by atoms with Gasteiger partial charge in [0.1, 0.15) is 11.3 Å². The Morgan fingerprint density at radius 1 is 1.07 bits per heavy atom. The largest absolute Gasteiger partial charge is 0.482 e. The van der Waals surface area contributed by atoms with Crippen LogP contribution in [0.4, 0.5) is 11.4 Å². The number of ether oxygens (including phenoxy) is 1. The number of aliphatic carboxylic acids is 1. The van der Waals surface area contributed by atoms with Crippen LogP contribution in [0.1, 0.15) is 10.6 Å². The van der Waals surface area contributed by atoms with Crippen molar-refractivity contribution in [3.63, 3.8) is 0 Å². The van der Waals surface area contributed by atoms with Gasteiger partial charge in [-0.15, -0.1) is 0 Å². The lowest BCUT2D eigenvalue weighted by Crippen LogP contribution is -2.20. The van der Waals surface area contributed by atoms with Crippen LogP contribution in [0.25, 0.3) is 11.0 Å². The number of nitrogens with two attached hydrogens (primary N) is 1. The Hall–Kier alpha value is -4.01. The Bertz CT molecular complexity index is 1010. The number of guanidine groups is 1. The van der Waals surface area contributed by atoms with Crippen molar-refractivity contribution in [2.24, 2.45) is 5.73 Å². The molecule has 0 aliphatic rings. The van der Waals surface area contributed by atoms with Gasteiger partial charge in [0, 0.05) is 16.8 Å². The summed E-state index contributed by atoms with van der Waals surface area (Å²) < 4.78 is 10.6. The number of anilines is 2. The molecule has 27 heavy (non-hydrogen) atoms. The summed E-state index contributed by atoms with van der Waals surface area (Å²) in [5.74, 6) is -1.20. The SMILES string of the molecule is N=C(N)Nc1ccc2oc(C(=O)Nc3ccc(OCC(=O)O)cc3)cc2c1. The summed E-state index contributed by atoms with van der Waals surface area (Å²) in [5, 5.41) is 21.9. The van der Waals surface area contributed by atoms with Crippen LogP contribution in [0, 0.1) is 5.41 Å². The van der Waals surface area contributed by atoms with E-state index in [-0.39, 0.29) is 11.7 Å². The number of benzene rings is 2. The molecule has 0 radical (unpaired) electrons. The quantitative estimate of drug-likeness (QED) is 0.331. The molecule has 0 unspecified atom stereocenters. The summed E-state index contributed by atoms with van der Waals surface area (Å²) in [6.07, 6.45) is 0. The van der Waals surface area contributed by atoms with Gasteiger partial charge in [-0.2, -0.15) is 0 Å². The minimum atomic E-state index is -1.07. The number of carboxylic acid groups (broad SMARTS) is 1. The maximum atomic E-state index is 12.4. The molecular weight excluding hydrogens is 352 g/mol. The molecule has 0 atom stereocenters. The molecule has 0 fully saturated rings. The lowest BCUT2D eigenvalue weighted by Gasteiger charge is -2.06. The number of hydrogen-bond acceptors (Lipinski definition) is 5. The molecular formula is C18H16N4O5. The van der Waals surface area contributed by atoms with Gasteiger partial charge in [0.2, 0.25) is 0 Å². The van der Waals surface area contributed by atoms with Gasteiger partial charge < -0.3 is 30.6 Å². The minimum absolute atomic E-state index is 0.121. The normalized spacial score (nSPS) is 10.4. The van der Waals surface area contributed by atoms with Crippen molar-refractivity contribution in [2.75, 3.05) is 17.2 Å². The van der Waals surface area contributed by atoms with Crippen molar-refractivity contribution in [1.29, 1.82) is 5.41 Å². The number of carbonyl (C=O) groups is 2. The van der Waals surface area contributed by atoms with E-state index in [1.165, 1.54) is 0 Å². The highest BCUT2D eigenvalue weighted by molar-refractivity contribution is 6.05. The van der Waals surface area contributed by atoms with Gasteiger partial charge in [-0.05, 0) is 48.5 Å². The average molecular weight is 368 g/mol. The number of amides is 1. The van der Waals surface area contributed by atoms with Gasteiger partial charge in [0.15, 0.2) is 18.3 Å². The van der Waals surface area contributed by atoms with Crippen molar-refractivity contribution in [3.05, 3.63) is 54.3 Å². The van der Waals surface area contributed by atoms with E-state index < -0.39 is 18.5 Å². The van der Waals surface area contributed by atoms with E-state index in [4.69, 9.17) is 25.4 Å². The van der Waals surface area contributed by atoms with E-state index in [2.05, 4.69) is 10.6 Å².